The molecule has 0 bridgehead atoms. The fourth-order valence-electron chi connectivity index (χ4n) is 2.66. The van der Waals surface area contributed by atoms with Gasteiger partial charge >= 0.3 is 0 Å². The van der Waals surface area contributed by atoms with Crippen LogP contribution in [0.25, 0.3) is 10.2 Å². The fourth-order valence-corrected chi connectivity index (χ4v) is 3.94. The second-order valence-corrected chi connectivity index (χ2v) is 7.93. The standard InChI is InChI=1S/C20H22ClN3O2S/c1-13-5-7-14(8-6-13)19(25)24(12-11-23(2)3)20-22-17-16(26-4)10-9-15(21)18(17)27-20/h5-10H,11-12H2,1-4H3. The molecule has 1 amide bonds. The van der Waals surface area contributed by atoms with Crippen LogP contribution in [0.5, 0.6) is 5.75 Å². The van der Waals surface area contributed by atoms with E-state index in [4.69, 9.17) is 16.3 Å². The molecule has 5 nitrogen and oxygen atoms in total. The number of carbonyl (C=O) groups excluding carboxylic acids is 1. The Morgan fingerprint density at radius 3 is 2.48 bits per heavy atom. The van der Waals surface area contributed by atoms with Crippen molar-refractivity contribution in [1.82, 2.24) is 9.88 Å². The van der Waals surface area contributed by atoms with Crippen LogP contribution < -0.4 is 9.64 Å². The summed E-state index contributed by atoms with van der Waals surface area (Å²) in [5.74, 6) is 0.568. The highest BCUT2D eigenvalue weighted by atomic mass is 35.5. The molecule has 1 aromatic heterocycles. The number of methoxy groups -OCH3 is 1. The number of halogens is 1. The zero-order valence-electron chi connectivity index (χ0n) is 15.8. The third-order valence-corrected chi connectivity index (χ3v) is 5.75. The highest BCUT2D eigenvalue weighted by Gasteiger charge is 2.23. The van der Waals surface area contributed by atoms with E-state index >= 15 is 0 Å². The van der Waals surface area contributed by atoms with Crippen molar-refractivity contribution in [2.75, 3.05) is 39.2 Å². The molecule has 3 aromatic rings. The normalized spacial score (nSPS) is 11.2. The maximum Gasteiger partial charge on any atom is 0.260 e. The van der Waals surface area contributed by atoms with Gasteiger partial charge in [0, 0.05) is 18.7 Å². The molecule has 27 heavy (non-hydrogen) atoms. The van der Waals surface area contributed by atoms with Crippen molar-refractivity contribution in [3.05, 3.63) is 52.5 Å². The van der Waals surface area contributed by atoms with E-state index in [2.05, 4.69) is 4.98 Å². The number of fused-ring (bicyclic) bond motifs is 1. The van der Waals surface area contributed by atoms with Crippen LogP contribution in [0.1, 0.15) is 15.9 Å². The van der Waals surface area contributed by atoms with Crippen molar-refractivity contribution in [3.8, 4) is 5.75 Å². The number of thiazole rings is 1. The van der Waals surface area contributed by atoms with Crippen molar-refractivity contribution < 1.29 is 9.53 Å². The van der Waals surface area contributed by atoms with Gasteiger partial charge in [0.25, 0.3) is 5.91 Å². The SMILES string of the molecule is COc1ccc(Cl)c2sc(N(CCN(C)C)C(=O)c3ccc(C)cc3)nc12. The summed E-state index contributed by atoms with van der Waals surface area (Å²) in [5.41, 5.74) is 2.43. The molecule has 3 rings (SSSR count). The number of ether oxygens (including phenoxy) is 1. The molecule has 0 aliphatic heterocycles. The molecular formula is C20H22ClN3O2S. The minimum absolute atomic E-state index is 0.0778. The molecular weight excluding hydrogens is 382 g/mol. The van der Waals surface area contributed by atoms with Gasteiger partial charge in [-0.2, -0.15) is 0 Å². The number of benzene rings is 2. The quantitative estimate of drug-likeness (QED) is 0.609. The number of aromatic nitrogens is 1. The highest BCUT2D eigenvalue weighted by molar-refractivity contribution is 7.23. The van der Waals surface area contributed by atoms with Gasteiger partial charge in [-0.15, -0.1) is 0 Å². The lowest BCUT2D eigenvalue weighted by molar-refractivity contribution is 0.0985. The largest absolute Gasteiger partial charge is 0.494 e. The van der Waals surface area contributed by atoms with Crippen molar-refractivity contribution >= 4 is 44.2 Å². The number of rotatable bonds is 6. The number of amides is 1. The number of anilines is 1. The fraction of sp³-hybridized carbons (Fsp3) is 0.300. The molecule has 0 atom stereocenters. The topological polar surface area (TPSA) is 45.7 Å². The maximum atomic E-state index is 13.2. The first-order valence-corrected chi connectivity index (χ1v) is 9.76. The number of nitrogens with zero attached hydrogens (tertiary/aromatic N) is 3. The predicted molar refractivity (Wildman–Crippen MR) is 113 cm³/mol. The molecule has 0 aliphatic rings. The van der Waals surface area contributed by atoms with E-state index in [0.717, 1.165) is 16.8 Å². The van der Waals surface area contributed by atoms with Crippen molar-refractivity contribution in [1.29, 1.82) is 0 Å². The van der Waals surface area contributed by atoms with Crippen LogP contribution in [-0.2, 0) is 0 Å². The summed E-state index contributed by atoms with van der Waals surface area (Å²) in [6.45, 7) is 3.25. The minimum Gasteiger partial charge on any atom is -0.494 e. The average Bonchev–Trinajstić information content (AvgIpc) is 3.08. The average molecular weight is 404 g/mol. The number of aryl methyl sites for hydroxylation is 1. The van der Waals surface area contributed by atoms with Crippen LogP contribution in [0.2, 0.25) is 5.02 Å². The van der Waals surface area contributed by atoms with Crippen LogP contribution in [0.3, 0.4) is 0 Å². The Labute approximate surface area is 168 Å². The molecule has 2 aromatic carbocycles. The van der Waals surface area contributed by atoms with E-state index in [1.165, 1.54) is 11.3 Å². The van der Waals surface area contributed by atoms with Gasteiger partial charge in [-0.1, -0.05) is 40.6 Å². The first-order valence-electron chi connectivity index (χ1n) is 8.57. The van der Waals surface area contributed by atoms with E-state index < -0.39 is 0 Å². The van der Waals surface area contributed by atoms with Crippen LogP contribution in [0, 0.1) is 6.92 Å². The third-order valence-electron chi connectivity index (χ3n) is 4.21. The van der Waals surface area contributed by atoms with E-state index in [-0.39, 0.29) is 5.91 Å². The third kappa shape index (κ3) is 4.24. The second-order valence-electron chi connectivity index (χ2n) is 6.55. The molecule has 0 unspecified atom stereocenters. The van der Waals surface area contributed by atoms with E-state index in [9.17, 15) is 4.79 Å². The summed E-state index contributed by atoms with van der Waals surface area (Å²) in [4.78, 5) is 21.6. The number of likely N-dealkylation sites (N-methyl/N-ethyl adjacent to an activating group) is 1. The Bertz CT molecular complexity index is 954. The summed E-state index contributed by atoms with van der Waals surface area (Å²) in [5, 5.41) is 1.22. The van der Waals surface area contributed by atoms with Gasteiger partial charge in [0.1, 0.15) is 11.3 Å². The van der Waals surface area contributed by atoms with Gasteiger partial charge in [-0.05, 0) is 45.3 Å². The minimum atomic E-state index is -0.0778. The summed E-state index contributed by atoms with van der Waals surface area (Å²) in [6.07, 6.45) is 0. The summed E-state index contributed by atoms with van der Waals surface area (Å²) in [6, 6.07) is 11.2. The molecule has 0 radical (unpaired) electrons. The second kappa shape index (κ2) is 8.25. The Balaban J connectivity index is 2.05. The van der Waals surface area contributed by atoms with Gasteiger partial charge < -0.3 is 9.64 Å². The lowest BCUT2D eigenvalue weighted by Crippen LogP contribution is -2.36. The maximum absolute atomic E-state index is 13.2. The Hall–Kier alpha value is -2.15. The van der Waals surface area contributed by atoms with E-state index in [0.29, 0.717) is 33.5 Å². The van der Waals surface area contributed by atoms with E-state index in [1.807, 2.05) is 50.2 Å². The molecule has 0 N–H and O–H groups in total. The van der Waals surface area contributed by atoms with Crippen LogP contribution in [0.4, 0.5) is 5.13 Å². The molecule has 0 saturated carbocycles. The number of hydrogen-bond acceptors (Lipinski definition) is 5. The Morgan fingerprint density at radius 1 is 1.15 bits per heavy atom. The molecule has 1 heterocycles. The lowest BCUT2D eigenvalue weighted by atomic mass is 10.1. The van der Waals surface area contributed by atoms with Crippen LogP contribution in [0.15, 0.2) is 36.4 Å². The van der Waals surface area contributed by atoms with Crippen molar-refractivity contribution in [2.24, 2.45) is 0 Å². The van der Waals surface area contributed by atoms with Gasteiger partial charge in [-0.3, -0.25) is 9.69 Å². The number of carbonyl (C=O) groups is 1. The van der Waals surface area contributed by atoms with Crippen molar-refractivity contribution in [2.45, 2.75) is 6.92 Å². The highest BCUT2D eigenvalue weighted by Crippen LogP contribution is 2.39. The molecule has 7 heteroatoms. The van der Waals surface area contributed by atoms with E-state index in [1.54, 1.807) is 24.1 Å². The molecule has 0 aliphatic carbocycles. The number of hydrogen-bond donors (Lipinski definition) is 0. The van der Waals surface area contributed by atoms with Gasteiger partial charge in [0.15, 0.2) is 5.13 Å². The summed E-state index contributed by atoms with van der Waals surface area (Å²) >= 11 is 7.75. The van der Waals surface area contributed by atoms with Gasteiger partial charge in [0.05, 0.1) is 16.8 Å². The van der Waals surface area contributed by atoms with Gasteiger partial charge in [-0.25, -0.2) is 4.98 Å². The first-order chi connectivity index (χ1) is 12.9. The zero-order chi connectivity index (χ0) is 19.6. The zero-order valence-corrected chi connectivity index (χ0v) is 17.4. The van der Waals surface area contributed by atoms with Gasteiger partial charge in [0.2, 0.25) is 0 Å². The molecule has 142 valence electrons. The Kier molecular flexibility index (Phi) is 5.99. The molecule has 0 fully saturated rings. The monoisotopic (exact) mass is 403 g/mol. The Morgan fingerprint density at radius 2 is 1.85 bits per heavy atom. The van der Waals surface area contributed by atoms with Crippen LogP contribution >= 0.6 is 22.9 Å². The summed E-state index contributed by atoms with van der Waals surface area (Å²) < 4.78 is 6.22. The molecule has 0 saturated heterocycles. The predicted octanol–water partition coefficient (Wildman–Crippen LogP) is 4.48. The van der Waals surface area contributed by atoms with Crippen molar-refractivity contribution in [3.63, 3.8) is 0 Å². The lowest BCUT2D eigenvalue weighted by Gasteiger charge is -2.22. The summed E-state index contributed by atoms with van der Waals surface area (Å²) in [7, 11) is 5.56. The first kappa shape index (κ1) is 19.6. The smallest absolute Gasteiger partial charge is 0.260 e. The molecule has 0 spiro atoms. The van der Waals surface area contributed by atoms with Crippen LogP contribution in [-0.4, -0.2) is 50.1 Å².